The van der Waals surface area contributed by atoms with E-state index in [2.05, 4.69) is 9.71 Å². The van der Waals surface area contributed by atoms with Gasteiger partial charge in [-0.1, -0.05) is 6.07 Å². The highest BCUT2D eigenvalue weighted by Crippen LogP contribution is 2.22. The lowest BCUT2D eigenvalue weighted by Crippen LogP contribution is -2.15. The quantitative estimate of drug-likeness (QED) is 0.944. The molecule has 5 nitrogen and oxygen atoms in total. The van der Waals surface area contributed by atoms with Crippen LogP contribution in [0, 0.1) is 32.1 Å². The molecule has 0 saturated heterocycles. The molecule has 0 amide bonds. The number of pyridine rings is 1. The van der Waals surface area contributed by atoms with Gasteiger partial charge in [0.05, 0.1) is 27.9 Å². The predicted octanol–water partition coefficient (Wildman–Crippen LogP) is 2.68. The van der Waals surface area contributed by atoms with Gasteiger partial charge in [-0.3, -0.25) is 9.71 Å². The van der Waals surface area contributed by atoms with Crippen molar-refractivity contribution >= 4 is 15.7 Å². The summed E-state index contributed by atoms with van der Waals surface area (Å²) in [4.78, 5) is 4.33. The topological polar surface area (TPSA) is 82.9 Å². The molecule has 1 heterocycles. The molecule has 0 atom stereocenters. The van der Waals surface area contributed by atoms with Crippen LogP contribution >= 0.6 is 0 Å². The molecule has 0 saturated carbocycles. The molecule has 0 spiro atoms. The Morgan fingerprint density at radius 1 is 1.14 bits per heavy atom. The largest absolute Gasteiger partial charge is 0.278 e. The first-order valence-electron chi connectivity index (χ1n) is 6.31. The summed E-state index contributed by atoms with van der Waals surface area (Å²) in [6.07, 6.45) is 0. The number of hydrogen-bond acceptors (Lipinski definition) is 4. The number of nitriles is 1. The Bertz CT molecular complexity index is 836. The van der Waals surface area contributed by atoms with Gasteiger partial charge in [0.25, 0.3) is 10.0 Å². The number of aromatic nitrogens is 1. The van der Waals surface area contributed by atoms with Crippen molar-refractivity contribution in [2.45, 2.75) is 25.7 Å². The molecular weight excluding hydrogens is 286 g/mol. The van der Waals surface area contributed by atoms with Crippen molar-refractivity contribution in [3.8, 4) is 6.07 Å². The average molecular weight is 301 g/mol. The van der Waals surface area contributed by atoms with E-state index < -0.39 is 10.0 Å². The standard InChI is InChI=1S/C15H15N3O2S/c1-10-4-6-13(9-16)8-15(10)21(19,20)18-14-7-5-11(2)17-12(14)3/h4-8,18H,1-3H3. The first-order valence-corrected chi connectivity index (χ1v) is 7.79. The van der Waals surface area contributed by atoms with Gasteiger partial charge in [0.15, 0.2) is 0 Å². The number of sulfonamides is 1. The van der Waals surface area contributed by atoms with Gasteiger partial charge in [-0.15, -0.1) is 0 Å². The van der Waals surface area contributed by atoms with Crippen molar-refractivity contribution in [2.24, 2.45) is 0 Å². The SMILES string of the molecule is Cc1ccc(NS(=O)(=O)c2cc(C#N)ccc2C)c(C)n1. The Kier molecular flexibility index (Phi) is 3.96. The van der Waals surface area contributed by atoms with Gasteiger partial charge in [-0.2, -0.15) is 5.26 Å². The number of benzene rings is 1. The van der Waals surface area contributed by atoms with Crippen molar-refractivity contribution in [3.05, 3.63) is 52.8 Å². The Balaban J connectivity index is 2.46. The van der Waals surface area contributed by atoms with Crippen LogP contribution in [0.15, 0.2) is 35.2 Å². The lowest BCUT2D eigenvalue weighted by Gasteiger charge is -2.12. The van der Waals surface area contributed by atoms with Gasteiger partial charge in [0, 0.05) is 5.69 Å². The summed E-state index contributed by atoms with van der Waals surface area (Å²) >= 11 is 0. The van der Waals surface area contributed by atoms with Gasteiger partial charge < -0.3 is 0 Å². The highest BCUT2D eigenvalue weighted by molar-refractivity contribution is 7.92. The first kappa shape index (κ1) is 15.0. The van der Waals surface area contributed by atoms with Crippen LogP contribution in [0.25, 0.3) is 0 Å². The Morgan fingerprint density at radius 2 is 1.86 bits per heavy atom. The molecule has 1 aromatic heterocycles. The highest BCUT2D eigenvalue weighted by atomic mass is 32.2. The predicted molar refractivity (Wildman–Crippen MR) is 80.4 cm³/mol. The molecule has 0 aliphatic rings. The summed E-state index contributed by atoms with van der Waals surface area (Å²) in [5.74, 6) is 0. The fourth-order valence-electron chi connectivity index (χ4n) is 1.95. The maximum atomic E-state index is 12.5. The van der Waals surface area contributed by atoms with Gasteiger partial charge in [0.1, 0.15) is 0 Å². The minimum Gasteiger partial charge on any atom is -0.278 e. The third-order valence-corrected chi connectivity index (χ3v) is 4.58. The van der Waals surface area contributed by atoms with Crippen molar-refractivity contribution in [1.82, 2.24) is 4.98 Å². The second-order valence-electron chi connectivity index (χ2n) is 4.78. The fourth-order valence-corrected chi connectivity index (χ4v) is 3.34. The van der Waals surface area contributed by atoms with Crippen molar-refractivity contribution in [3.63, 3.8) is 0 Å². The zero-order valence-corrected chi connectivity index (χ0v) is 12.8. The van der Waals surface area contributed by atoms with Gasteiger partial charge in [-0.25, -0.2) is 8.42 Å². The summed E-state index contributed by atoms with van der Waals surface area (Å²) in [5, 5.41) is 8.91. The van der Waals surface area contributed by atoms with Crippen LogP contribution in [0.5, 0.6) is 0 Å². The Morgan fingerprint density at radius 3 is 2.48 bits per heavy atom. The summed E-state index contributed by atoms with van der Waals surface area (Å²) in [5.41, 5.74) is 2.74. The van der Waals surface area contributed by atoms with E-state index in [1.165, 1.54) is 6.07 Å². The molecule has 2 rings (SSSR count). The second-order valence-corrected chi connectivity index (χ2v) is 6.43. The van der Waals surface area contributed by atoms with Crippen molar-refractivity contribution in [2.75, 3.05) is 4.72 Å². The molecule has 21 heavy (non-hydrogen) atoms. The number of rotatable bonds is 3. The van der Waals surface area contributed by atoms with E-state index in [0.717, 1.165) is 5.69 Å². The molecule has 0 fully saturated rings. The van der Waals surface area contributed by atoms with Crippen LogP contribution in [-0.4, -0.2) is 13.4 Å². The number of aryl methyl sites for hydroxylation is 3. The lowest BCUT2D eigenvalue weighted by atomic mass is 10.2. The third kappa shape index (κ3) is 3.20. The normalized spacial score (nSPS) is 11.0. The van der Waals surface area contributed by atoms with Crippen LogP contribution in [-0.2, 0) is 10.0 Å². The van der Waals surface area contributed by atoms with E-state index in [-0.39, 0.29) is 4.90 Å². The molecule has 0 radical (unpaired) electrons. The minimum absolute atomic E-state index is 0.0986. The van der Waals surface area contributed by atoms with Crippen molar-refractivity contribution < 1.29 is 8.42 Å². The number of nitrogens with zero attached hydrogens (tertiary/aromatic N) is 2. The third-order valence-electron chi connectivity index (χ3n) is 3.08. The molecule has 0 aliphatic carbocycles. The van der Waals surface area contributed by atoms with Crippen molar-refractivity contribution in [1.29, 1.82) is 5.26 Å². The zero-order valence-electron chi connectivity index (χ0n) is 12.0. The van der Waals surface area contributed by atoms with E-state index in [0.29, 0.717) is 22.5 Å². The molecule has 2 aromatic rings. The number of hydrogen-bond donors (Lipinski definition) is 1. The smallest absolute Gasteiger partial charge is 0.262 e. The van der Waals surface area contributed by atoms with E-state index in [4.69, 9.17) is 5.26 Å². The Labute approximate surface area is 124 Å². The van der Waals surface area contributed by atoms with Crippen LogP contribution in [0.2, 0.25) is 0 Å². The Hall–Kier alpha value is -2.39. The van der Waals surface area contributed by atoms with Crippen LogP contribution in [0.1, 0.15) is 22.5 Å². The molecule has 0 unspecified atom stereocenters. The minimum atomic E-state index is -3.75. The molecule has 0 bridgehead atoms. The van der Waals surface area contributed by atoms with E-state index in [1.54, 1.807) is 38.1 Å². The first-order chi connectivity index (χ1) is 9.83. The number of anilines is 1. The summed E-state index contributed by atoms with van der Waals surface area (Å²) < 4.78 is 27.5. The summed E-state index contributed by atoms with van der Waals surface area (Å²) in [7, 11) is -3.75. The van der Waals surface area contributed by atoms with Gasteiger partial charge in [0.2, 0.25) is 0 Å². The van der Waals surface area contributed by atoms with Crippen LogP contribution in [0.4, 0.5) is 5.69 Å². The maximum Gasteiger partial charge on any atom is 0.262 e. The summed E-state index contributed by atoms with van der Waals surface area (Å²) in [6, 6.07) is 9.94. The molecule has 1 aromatic carbocycles. The molecule has 108 valence electrons. The average Bonchev–Trinajstić information content (AvgIpc) is 2.42. The molecular formula is C15H15N3O2S. The molecule has 6 heteroatoms. The number of nitrogens with one attached hydrogen (secondary N) is 1. The van der Waals surface area contributed by atoms with Crippen LogP contribution < -0.4 is 4.72 Å². The molecule has 1 N–H and O–H groups in total. The lowest BCUT2D eigenvalue weighted by molar-refractivity contribution is 0.600. The van der Waals surface area contributed by atoms with Crippen LogP contribution in [0.3, 0.4) is 0 Å². The zero-order chi connectivity index (χ0) is 15.6. The monoisotopic (exact) mass is 301 g/mol. The van der Waals surface area contributed by atoms with E-state index in [1.807, 2.05) is 13.0 Å². The van der Waals surface area contributed by atoms with E-state index in [9.17, 15) is 8.42 Å². The fraction of sp³-hybridized carbons (Fsp3) is 0.200. The van der Waals surface area contributed by atoms with Gasteiger partial charge >= 0.3 is 0 Å². The second kappa shape index (κ2) is 5.54. The highest BCUT2D eigenvalue weighted by Gasteiger charge is 2.18. The maximum absolute atomic E-state index is 12.5. The molecule has 0 aliphatic heterocycles. The summed E-state index contributed by atoms with van der Waals surface area (Å²) in [6.45, 7) is 5.27. The van der Waals surface area contributed by atoms with E-state index >= 15 is 0 Å². The van der Waals surface area contributed by atoms with Gasteiger partial charge in [-0.05, 0) is 50.6 Å².